The van der Waals surface area contributed by atoms with Gasteiger partial charge in [-0.05, 0) is 27.7 Å². The van der Waals surface area contributed by atoms with Crippen molar-refractivity contribution in [2.45, 2.75) is 31.3 Å². The molecule has 0 heterocycles. The maximum atomic E-state index is 4.29. The van der Waals surface area contributed by atoms with E-state index in [9.17, 15) is 0 Å². The second-order valence-corrected chi connectivity index (χ2v) is 2.67. The van der Waals surface area contributed by atoms with E-state index in [1.165, 1.54) is 25.7 Å². The first-order chi connectivity index (χ1) is 2.89. The predicted molar refractivity (Wildman–Crippen MR) is 43.7 cm³/mol. The Hall–Kier alpha value is 1.01. The van der Waals surface area contributed by atoms with Gasteiger partial charge in [-0.25, -0.2) is 0 Å². The van der Waals surface area contributed by atoms with Gasteiger partial charge in [0, 0.05) is 0 Å². The van der Waals surface area contributed by atoms with Crippen LogP contribution in [0.4, 0.5) is 0 Å². The summed E-state index contributed by atoms with van der Waals surface area (Å²) in [6.45, 7) is 0. The van der Waals surface area contributed by atoms with Gasteiger partial charge in [0.2, 0.25) is 0 Å². The molecule has 0 amide bonds. The highest BCUT2D eigenvalue weighted by Gasteiger charge is 2.08. The fraction of sp³-hybridized carbons (Fsp3) is 1.00. The number of rotatable bonds is 0. The van der Waals surface area contributed by atoms with Crippen LogP contribution in [-0.4, -0.2) is 5.66 Å². The molecule has 2 radical (unpaired) electrons. The lowest BCUT2D eigenvalue weighted by atomic mass is 10.4. The lowest BCUT2D eigenvalue weighted by Crippen LogP contribution is -1.81. The van der Waals surface area contributed by atoms with Crippen LogP contribution < -0.4 is 0 Å². The first kappa shape index (κ1) is 11.8. The van der Waals surface area contributed by atoms with E-state index < -0.39 is 0 Å². The zero-order valence-corrected chi connectivity index (χ0v) is 7.20. The van der Waals surface area contributed by atoms with Crippen LogP contribution in [-0.2, 0) is 0 Å². The molecule has 0 saturated heterocycles. The Morgan fingerprint density at radius 2 is 1.38 bits per heavy atom. The molecule has 0 bridgehead atoms. The van der Waals surface area contributed by atoms with Crippen LogP contribution in [0.3, 0.4) is 0 Å². The fourth-order valence-corrected chi connectivity index (χ4v) is 1.27. The van der Waals surface area contributed by atoms with Crippen molar-refractivity contribution in [3.05, 3.63) is 0 Å². The zero-order chi connectivity index (χ0) is 4.41. The lowest BCUT2D eigenvalue weighted by Gasteiger charge is -1.89. The zero-order valence-electron chi connectivity index (χ0n) is 4.67. The minimum absolute atomic E-state index is 0. The standard InChI is InChI=1S/C5H9P.2ClH/c6-5-3-1-2-4-5;;/h5H,1-4H2;2*1H. The van der Waals surface area contributed by atoms with Crippen LogP contribution in [0.1, 0.15) is 25.7 Å². The molecule has 1 fully saturated rings. The molecule has 0 aliphatic heterocycles. The third-order valence-electron chi connectivity index (χ3n) is 1.32. The van der Waals surface area contributed by atoms with Crippen molar-refractivity contribution in [3.63, 3.8) is 0 Å². The summed E-state index contributed by atoms with van der Waals surface area (Å²) in [7, 11) is 4.29. The number of halogens is 2. The van der Waals surface area contributed by atoms with Crippen molar-refractivity contribution in [2.24, 2.45) is 0 Å². The highest BCUT2D eigenvalue weighted by molar-refractivity contribution is 7.17. The Kier molecular flexibility index (Phi) is 9.02. The molecule has 0 nitrogen and oxygen atoms in total. The van der Waals surface area contributed by atoms with Gasteiger partial charge >= 0.3 is 0 Å². The minimum Gasteiger partial charge on any atom is -0.147 e. The highest BCUT2D eigenvalue weighted by atomic mass is 35.5. The number of hydrogen-bond donors (Lipinski definition) is 0. The molecule has 0 spiro atoms. The summed E-state index contributed by atoms with van der Waals surface area (Å²) in [5.41, 5.74) is 0.741. The van der Waals surface area contributed by atoms with Gasteiger partial charge in [0.05, 0.1) is 0 Å². The van der Waals surface area contributed by atoms with Gasteiger partial charge in [0.15, 0.2) is 0 Å². The topological polar surface area (TPSA) is 0 Å². The third-order valence-corrected chi connectivity index (χ3v) is 1.84. The Labute approximate surface area is 65.8 Å². The van der Waals surface area contributed by atoms with Crippen molar-refractivity contribution in [1.29, 1.82) is 0 Å². The van der Waals surface area contributed by atoms with Crippen LogP contribution in [0.2, 0.25) is 0 Å². The van der Waals surface area contributed by atoms with Gasteiger partial charge < -0.3 is 0 Å². The molecule has 50 valence electrons. The summed E-state index contributed by atoms with van der Waals surface area (Å²) in [5, 5.41) is 0. The van der Waals surface area contributed by atoms with Gasteiger partial charge in [0.1, 0.15) is 0 Å². The Bertz CT molecular complexity index is 43.7. The molecular formula is C5H11Cl2P. The Morgan fingerprint density at radius 1 is 1.00 bits per heavy atom. The monoisotopic (exact) mass is 172 g/mol. The van der Waals surface area contributed by atoms with Gasteiger partial charge in [-0.1, -0.05) is 12.8 Å². The average Bonchev–Trinajstić information content (AvgIpc) is 1.86. The van der Waals surface area contributed by atoms with Crippen molar-refractivity contribution in [2.75, 3.05) is 0 Å². The van der Waals surface area contributed by atoms with Crippen LogP contribution in [0.5, 0.6) is 0 Å². The van der Waals surface area contributed by atoms with Crippen molar-refractivity contribution < 1.29 is 0 Å². The second kappa shape index (κ2) is 6.13. The molecule has 1 aliphatic carbocycles. The molecule has 0 atom stereocenters. The van der Waals surface area contributed by atoms with Crippen molar-refractivity contribution in [1.82, 2.24) is 0 Å². The SMILES string of the molecule is Cl.Cl.[P]C1CCCC1. The van der Waals surface area contributed by atoms with Crippen LogP contribution in [0.25, 0.3) is 0 Å². The molecule has 0 unspecified atom stereocenters. The third kappa shape index (κ3) is 3.95. The van der Waals surface area contributed by atoms with E-state index in [4.69, 9.17) is 0 Å². The summed E-state index contributed by atoms with van der Waals surface area (Å²) >= 11 is 0. The lowest BCUT2D eigenvalue weighted by molar-refractivity contribution is 0.886. The van der Waals surface area contributed by atoms with Crippen LogP contribution >= 0.6 is 34.1 Å². The Balaban J connectivity index is 0. The normalized spacial score (nSPS) is 19.1. The summed E-state index contributed by atoms with van der Waals surface area (Å²) in [4.78, 5) is 0. The minimum atomic E-state index is 0. The van der Waals surface area contributed by atoms with E-state index >= 15 is 0 Å². The quantitative estimate of drug-likeness (QED) is 0.493. The molecule has 1 rings (SSSR count). The average molecular weight is 173 g/mol. The van der Waals surface area contributed by atoms with E-state index in [2.05, 4.69) is 9.24 Å². The van der Waals surface area contributed by atoms with Crippen molar-refractivity contribution in [3.8, 4) is 0 Å². The van der Waals surface area contributed by atoms with Gasteiger partial charge in [0.25, 0.3) is 0 Å². The second-order valence-electron chi connectivity index (χ2n) is 1.94. The molecule has 0 N–H and O–H groups in total. The van der Waals surface area contributed by atoms with Gasteiger partial charge in [-0.2, -0.15) is 0 Å². The molecule has 0 aromatic heterocycles. The molecule has 3 heteroatoms. The first-order valence-electron chi connectivity index (χ1n) is 2.57. The van der Waals surface area contributed by atoms with Gasteiger partial charge in [-0.3, -0.25) is 0 Å². The van der Waals surface area contributed by atoms with E-state index in [1.54, 1.807) is 0 Å². The molecule has 8 heavy (non-hydrogen) atoms. The van der Waals surface area contributed by atoms with E-state index in [0.29, 0.717) is 0 Å². The Morgan fingerprint density at radius 3 is 1.50 bits per heavy atom. The summed E-state index contributed by atoms with van der Waals surface area (Å²) in [5.74, 6) is 0. The van der Waals surface area contributed by atoms with Crippen LogP contribution in [0, 0.1) is 0 Å². The van der Waals surface area contributed by atoms with E-state index in [-0.39, 0.29) is 24.8 Å². The van der Waals surface area contributed by atoms with E-state index in [0.717, 1.165) is 5.66 Å². The largest absolute Gasteiger partial charge is 0.147 e. The smallest absolute Gasteiger partial charge is 0.0125 e. The predicted octanol–water partition coefficient (Wildman–Crippen LogP) is 3.18. The first-order valence-corrected chi connectivity index (χ1v) is 3.09. The molecule has 0 aromatic carbocycles. The molecular weight excluding hydrogens is 162 g/mol. The highest BCUT2D eigenvalue weighted by Crippen LogP contribution is 2.24. The number of hydrogen-bond acceptors (Lipinski definition) is 0. The summed E-state index contributed by atoms with van der Waals surface area (Å²) in [6, 6.07) is 0. The molecule has 1 saturated carbocycles. The van der Waals surface area contributed by atoms with E-state index in [1.807, 2.05) is 0 Å². The maximum Gasteiger partial charge on any atom is -0.0125 e. The molecule has 1 aliphatic rings. The van der Waals surface area contributed by atoms with Gasteiger partial charge in [-0.15, -0.1) is 24.8 Å². The summed E-state index contributed by atoms with van der Waals surface area (Å²) in [6.07, 6.45) is 5.52. The summed E-state index contributed by atoms with van der Waals surface area (Å²) < 4.78 is 0. The maximum absolute atomic E-state index is 4.29. The van der Waals surface area contributed by atoms with Crippen molar-refractivity contribution >= 4 is 34.1 Å². The van der Waals surface area contributed by atoms with Crippen LogP contribution in [0.15, 0.2) is 0 Å². The fourth-order valence-electron chi connectivity index (χ4n) is 0.904. The molecule has 0 aromatic rings.